The van der Waals surface area contributed by atoms with Crippen molar-refractivity contribution in [1.82, 2.24) is 20.4 Å². The van der Waals surface area contributed by atoms with E-state index < -0.39 is 69.5 Å². The van der Waals surface area contributed by atoms with Crippen LogP contribution in [0.25, 0.3) is 0 Å². The zero-order valence-electron chi connectivity index (χ0n) is 29.3. The van der Waals surface area contributed by atoms with Crippen LogP contribution in [0.5, 0.6) is 5.75 Å². The Morgan fingerprint density at radius 2 is 1.69 bits per heavy atom. The highest BCUT2D eigenvalue weighted by molar-refractivity contribution is 7.90. The molecule has 15 nitrogen and oxygen atoms in total. The molecule has 2 saturated heterocycles. The summed E-state index contributed by atoms with van der Waals surface area (Å²) < 4.78 is 40.4. The van der Waals surface area contributed by atoms with Crippen molar-refractivity contribution in [3.05, 3.63) is 60.2 Å². The van der Waals surface area contributed by atoms with E-state index in [-0.39, 0.29) is 44.0 Å². The molecule has 2 heterocycles. The van der Waals surface area contributed by atoms with E-state index in [0.717, 1.165) is 11.8 Å². The Hall–Kier alpha value is -4.86. The predicted molar refractivity (Wildman–Crippen MR) is 185 cm³/mol. The Kier molecular flexibility index (Phi) is 12.9. The van der Waals surface area contributed by atoms with Gasteiger partial charge < -0.3 is 40.4 Å². The van der Waals surface area contributed by atoms with Gasteiger partial charge in [0.25, 0.3) is 0 Å². The number of alkyl carbamates (subject to hydrolysis) is 1. The molecule has 4 rings (SSSR count). The van der Waals surface area contributed by atoms with Crippen molar-refractivity contribution in [2.24, 2.45) is 5.73 Å². The van der Waals surface area contributed by atoms with Gasteiger partial charge in [-0.15, -0.1) is 0 Å². The summed E-state index contributed by atoms with van der Waals surface area (Å²) >= 11 is 0. The highest BCUT2D eigenvalue weighted by Crippen LogP contribution is 2.30. The number of sulfone groups is 1. The van der Waals surface area contributed by atoms with E-state index in [4.69, 9.17) is 19.9 Å². The van der Waals surface area contributed by atoms with Gasteiger partial charge in [-0.05, 0) is 76.3 Å². The molecule has 0 bridgehead atoms. The highest BCUT2D eigenvalue weighted by atomic mass is 32.2. The summed E-state index contributed by atoms with van der Waals surface area (Å²) in [5, 5.41) is 5.50. The molecule has 5 amide bonds. The van der Waals surface area contributed by atoms with Crippen LogP contribution < -0.4 is 21.1 Å². The monoisotopic (exact) mass is 729 g/mol. The van der Waals surface area contributed by atoms with Crippen LogP contribution in [0, 0.1) is 0 Å². The van der Waals surface area contributed by atoms with Gasteiger partial charge in [-0.3, -0.25) is 14.4 Å². The van der Waals surface area contributed by atoms with Crippen LogP contribution in [0.3, 0.4) is 0 Å². The van der Waals surface area contributed by atoms with E-state index in [9.17, 15) is 32.4 Å². The molecule has 278 valence electrons. The Morgan fingerprint density at radius 1 is 1.00 bits per heavy atom. The normalized spacial score (nSPS) is 19.9. The molecule has 2 aliphatic heterocycles. The van der Waals surface area contributed by atoms with Crippen molar-refractivity contribution in [2.45, 2.75) is 94.1 Å². The maximum absolute atomic E-state index is 14.2. The van der Waals surface area contributed by atoms with Gasteiger partial charge in [0, 0.05) is 25.3 Å². The van der Waals surface area contributed by atoms with Gasteiger partial charge in [0.1, 0.15) is 36.6 Å². The lowest BCUT2D eigenvalue weighted by molar-refractivity contribution is -0.143. The molecule has 16 heteroatoms. The number of hydrogen-bond donors (Lipinski definition) is 3. The standard InChI is InChI=1S/C35H47N5O10S/c1-35(2,3)50-33(44)38-28-20-39(34(45)49-21-23-8-6-5-7-9-23)19-18-25-11-16-29(40(25)32(28)43)31(42)37-24(10-17-30(36)41)22-48-26-12-14-27(15-13-26)51(4,46)47/h5-9,12-15,24-25,28-29H,10-11,16-22H2,1-4H3,(H2,36,41)(H,37,42)(H,38,44)/t24-,25+,28-,29-/m0/s1. The second kappa shape index (κ2) is 16.9. The van der Waals surface area contributed by atoms with Crippen LogP contribution in [0.4, 0.5) is 9.59 Å². The molecule has 2 aromatic carbocycles. The van der Waals surface area contributed by atoms with Crippen LogP contribution in [-0.2, 0) is 40.3 Å². The van der Waals surface area contributed by atoms with Crippen LogP contribution in [-0.4, -0.2) is 104 Å². The molecule has 0 saturated carbocycles. The molecular formula is C35H47N5O10S. The molecule has 2 fully saturated rings. The number of nitrogens with one attached hydrogen (secondary N) is 2. The zero-order chi connectivity index (χ0) is 37.3. The maximum atomic E-state index is 14.2. The van der Waals surface area contributed by atoms with E-state index in [2.05, 4.69) is 10.6 Å². The van der Waals surface area contributed by atoms with Crippen molar-refractivity contribution in [1.29, 1.82) is 0 Å². The minimum atomic E-state index is -3.41. The minimum Gasteiger partial charge on any atom is -0.491 e. The fraction of sp³-hybridized carbons (Fsp3) is 0.514. The van der Waals surface area contributed by atoms with Gasteiger partial charge in [-0.25, -0.2) is 18.0 Å². The minimum absolute atomic E-state index is 0.0265. The number of ether oxygens (including phenoxy) is 3. The number of nitrogens with two attached hydrogens (primary N) is 1. The fourth-order valence-corrected chi connectivity index (χ4v) is 6.59. The molecule has 0 unspecified atom stereocenters. The number of primary amides is 1. The lowest BCUT2D eigenvalue weighted by Crippen LogP contribution is -2.62. The molecule has 0 aromatic heterocycles. The number of nitrogens with zero attached hydrogens (tertiary/aromatic N) is 2. The van der Waals surface area contributed by atoms with E-state index in [1.807, 2.05) is 30.3 Å². The first-order valence-electron chi connectivity index (χ1n) is 16.8. The number of carbonyl (C=O) groups is 5. The van der Waals surface area contributed by atoms with Gasteiger partial charge in [-0.1, -0.05) is 30.3 Å². The first kappa shape index (κ1) is 38.9. The predicted octanol–water partition coefficient (Wildman–Crippen LogP) is 2.51. The lowest BCUT2D eigenvalue weighted by Gasteiger charge is -2.38. The molecule has 0 spiro atoms. The fourth-order valence-electron chi connectivity index (χ4n) is 5.96. The van der Waals surface area contributed by atoms with Crippen molar-refractivity contribution < 1.29 is 46.6 Å². The van der Waals surface area contributed by atoms with Crippen LogP contribution in [0.15, 0.2) is 59.5 Å². The van der Waals surface area contributed by atoms with E-state index in [0.29, 0.717) is 25.0 Å². The highest BCUT2D eigenvalue weighted by Gasteiger charge is 2.46. The smallest absolute Gasteiger partial charge is 0.410 e. The van der Waals surface area contributed by atoms with Crippen molar-refractivity contribution in [3.8, 4) is 5.75 Å². The number of amides is 5. The third-order valence-electron chi connectivity index (χ3n) is 8.44. The zero-order valence-corrected chi connectivity index (χ0v) is 30.1. The van der Waals surface area contributed by atoms with Crippen LogP contribution in [0.2, 0.25) is 0 Å². The van der Waals surface area contributed by atoms with Gasteiger partial charge in [-0.2, -0.15) is 0 Å². The first-order chi connectivity index (χ1) is 24.0. The number of carbonyl (C=O) groups excluding carboxylic acids is 5. The summed E-state index contributed by atoms with van der Waals surface area (Å²) in [5.41, 5.74) is 5.31. The Bertz CT molecular complexity index is 1660. The number of fused-ring (bicyclic) bond motifs is 1. The van der Waals surface area contributed by atoms with E-state index in [1.165, 1.54) is 34.1 Å². The van der Waals surface area contributed by atoms with Gasteiger partial charge in [0.05, 0.1) is 17.5 Å². The quantitative estimate of drug-likeness (QED) is 0.291. The number of hydrogen-bond acceptors (Lipinski definition) is 10. The van der Waals surface area contributed by atoms with Crippen molar-refractivity contribution >= 4 is 39.7 Å². The average molecular weight is 730 g/mol. The van der Waals surface area contributed by atoms with Gasteiger partial charge in [0.15, 0.2) is 9.84 Å². The summed E-state index contributed by atoms with van der Waals surface area (Å²) in [6.45, 7) is 4.99. The molecule has 4 N–H and O–H groups in total. The molecule has 4 atom stereocenters. The molecule has 0 radical (unpaired) electrons. The third kappa shape index (κ3) is 11.6. The second-order valence-electron chi connectivity index (χ2n) is 13.7. The third-order valence-corrected chi connectivity index (χ3v) is 9.56. The molecule has 0 aliphatic carbocycles. The number of rotatable bonds is 12. The van der Waals surface area contributed by atoms with Crippen molar-refractivity contribution in [3.63, 3.8) is 0 Å². The lowest BCUT2D eigenvalue weighted by atomic mass is 10.1. The molecule has 2 aliphatic rings. The van der Waals surface area contributed by atoms with Crippen LogP contribution >= 0.6 is 0 Å². The summed E-state index contributed by atoms with van der Waals surface area (Å²) in [5.74, 6) is -1.26. The SMILES string of the molecule is CC(C)(C)OC(=O)N[C@H]1CN(C(=O)OCc2ccccc2)CC[C@H]2CC[C@@H](C(=O)N[C@@H](CCC(N)=O)COc3ccc(S(C)(=O)=O)cc3)N2C1=O. The number of benzene rings is 2. The van der Waals surface area contributed by atoms with E-state index >= 15 is 0 Å². The van der Waals surface area contributed by atoms with Gasteiger partial charge in [0.2, 0.25) is 17.7 Å². The summed E-state index contributed by atoms with van der Waals surface area (Å²) in [6.07, 6.45) is 0.838. The van der Waals surface area contributed by atoms with Crippen LogP contribution in [0.1, 0.15) is 58.4 Å². The second-order valence-corrected chi connectivity index (χ2v) is 15.7. The topological polar surface area (TPSA) is 204 Å². The largest absolute Gasteiger partial charge is 0.491 e. The maximum Gasteiger partial charge on any atom is 0.410 e. The first-order valence-corrected chi connectivity index (χ1v) is 18.7. The summed E-state index contributed by atoms with van der Waals surface area (Å²) in [7, 11) is -3.41. The Balaban J connectivity index is 1.49. The van der Waals surface area contributed by atoms with E-state index in [1.54, 1.807) is 20.8 Å². The van der Waals surface area contributed by atoms with Gasteiger partial charge >= 0.3 is 12.2 Å². The Labute approximate surface area is 298 Å². The summed E-state index contributed by atoms with van der Waals surface area (Å²) in [4.78, 5) is 68.8. The molecular weight excluding hydrogens is 682 g/mol. The molecule has 51 heavy (non-hydrogen) atoms. The Morgan fingerprint density at radius 3 is 2.31 bits per heavy atom. The van der Waals surface area contributed by atoms with Crippen molar-refractivity contribution in [2.75, 3.05) is 26.0 Å². The average Bonchev–Trinajstić information content (AvgIpc) is 3.48. The summed E-state index contributed by atoms with van der Waals surface area (Å²) in [6, 6.07) is 11.7. The molecule has 2 aromatic rings.